The molecule has 0 N–H and O–H groups in total. The van der Waals surface area contributed by atoms with Crippen molar-refractivity contribution in [3.05, 3.63) is 69.8 Å². The maximum atomic E-state index is 11.9. The molecule has 0 aromatic heterocycles. The molecule has 0 spiro atoms. The Kier molecular flexibility index (Phi) is 4.02. The van der Waals surface area contributed by atoms with E-state index in [4.69, 9.17) is 0 Å². The number of hydrogen-bond donors (Lipinski definition) is 0. The van der Waals surface area contributed by atoms with Gasteiger partial charge in [-0.3, -0.25) is 14.4 Å². The SMILES string of the molecule is CC1CC(C)c2c(C=O)ccc3c2C(C1)c1ccc(C=O)c2c(C=O)ccc-3c12. The molecule has 0 radical (unpaired) electrons. The van der Waals surface area contributed by atoms with E-state index in [9.17, 15) is 14.4 Å². The highest BCUT2D eigenvalue weighted by Gasteiger charge is 2.36. The minimum absolute atomic E-state index is 0.164. The summed E-state index contributed by atoms with van der Waals surface area (Å²) in [6.07, 6.45) is 4.69. The van der Waals surface area contributed by atoms with E-state index in [1.165, 1.54) is 16.7 Å². The number of fused-ring (bicyclic) bond motifs is 2. The molecule has 0 saturated heterocycles. The number of hydrogen-bond acceptors (Lipinski definition) is 3. The Balaban J connectivity index is 1.98. The molecule has 0 saturated carbocycles. The Morgan fingerprint density at radius 2 is 1.31 bits per heavy atom. The Hall–Kier alpha value is -3.07. The van der Waals surface area contributed by atoms with Crippen LogP contribution in [0.4, 0.5) is 0 Å². The van der Waals surface area contributed by atoms with Gasteiger partial charge in [-0.05, 0) is 57.9 Å². The van der Waals surface area contributed by atoms with Crippen LogP contribution >= 0.6 is 0 Å². The van der Waals surface area contributed by atoms with Crippen molar-refractivity contribution in [2.24, 2.45) is 5.92 Å². The second-order valence-electron chi connectivity index (χ2n) is 8.61. The Morgan fingerprint density at radius 3 is 2.00 bits per heavy atom. The molecule has 29 heavy (non-hydrogen) atoms. The topological polar surface area (TPSA) is 51.2 Å². The van der Waals surface area contributed by atoms with Gasteiger partial charge in [0, 0.05) is 28.0 Å². The number of aldehydes is 3. The summed E-state index contributed by atoms with van der Waals surface area (Å²) >= 11 is 0. The van der Waals surface area contributed by atoms with Gasteiger partial charge in [0.1, 0.15) is 6.29 Å². The third kappa shape index (κ3) is 2.40. The summed E-state index contributed by atoms with van der Waals surface area (Å²) in [5, 5.41) is 1.77. The fourth-order valence-electron chi connectivity index (χ4n) is 5.82. The van der Waals surface area contributed by atoms with E-state index in [0.717, 1.165) is 59.2 Å². The predicted octanol–water partition coefficient (Wildman–Crippen LogP) is 5.92. The zero-order chi connectivity index (χ0) is 20.3. The fraction of sp³-hybridized carbons (Fsp3) is 0.269. The lowest BCUT2D eigenvalue weighted by atomic mass is 9.71. The van der Waals surface area contributed by atoms with E-state index >= 15 is 0 Å². The molecule has 3 heteroatoms. The average Bonchev–Trinajstić information content (AvgIpc) is 2.87. The van der Waals surface area contributed by atoms with Gasteiger partial charge >= 0.3 is 0 Å². The Bertz CT molecular complexity index is 1190. The van der Waals surface area contributed by atoms with E-state index in [1.807, 2.05) is 30.3 Å². The first-order valence-electron chi connectivity index (χ1n) is 10.2. The standard InChI is InChI=1S/C26H22O3/c1-14-9-15(2)23-16(11-27)3-6-20-19-7-4-17(12-28)24-18(13-29)5-8-21(25(19)24)22(10-14)26(20)23/h3-8,11-15,22H,9-10H2,1-2H3. The van der Waals surface area contributed by atoms with Crippen molar-refractivity contribution in [3.63, 3.8) is 0 Å². The molecule has 0 fully saturated rings. The first-order valence-corrected chi connectivity index (χ1v) is 10.2. The molecule has 0 heterocycles. The first-order chi connectivity index (χ1) is 14.1. The molecule has 5 rings (SSSR count). The first kappa shape index (κ1) is 18.0. The van der Waals surface area contributed by atoms with Gasteiger partial charge in [-0.25, -0.2) is 0 Å². The van der Waals surface area contributed by atoms with Gasteiger partial charge in [0.25, 0.3) is 0 Å². The highest BCUT2D eigenvalue weighted by Crippen LogP contribution is 2.53. The summed E-state index contributed by atoms with van der Waals surface area (Å²) in [5.41, 5.74) is 7.67. The van der Waals surface area contributed by atoms with Gasteiger partial charge in [-0.15, -0.1) is 0 Å². The molecule has 3 aromatic carbocycles. The van der Waals surface area contributed by atoms with Crippen LogP contribution in [0.2, 0.25) is 0 Å². The highest BCUT2D eigenvalue weighted by atomic mass is 16.1. The molecule has 2 aliphatic rings. The van der Waals surface area contributed by atoms with E-state index in [0.29, 0.717) is 23.0 Å². The molecular formula is C26H22O3. The second-order valence-corrected chi connectivity index (χ2v) is 8.61. The summed E-state index contributed by atoms with van der Waals surface area (Å²) in [4.78, 5) is 35.4. The Morgan fingerprint density at radius 1 is 0.690 bits per heavy atom. The monoisotopic (exact) mass is 382 g/mol. The van der Waals surface area contributed by atoms with Crippen LogP contribution < -0.4 is 0 Å². The van der Waals surface area contributed by atoms with E-state index < -0.39 is 0 Å². The summed E-state index contributed by atoms with van der Waals surface area (Å²) in [6, 6.07) is 11.7. The molecule has 3 aromatic rings. The molecule has 0 bridgehead atoms. The minimum atomic E-state index is 0.164. The van der Waals surface area contributed by atoms with Crippen molar-refractivity contribution in [1.82, 2.24) is 0 Å². The largest absolute Gasteiger partial charge is 0.298 e. The van der Waals surface area contributed by atoms with Crippen LogP contribution in [-0.4, -0.2) is 18.9 Å². The van der Waals surface area contributed by atoms with Crippen LogP contribution in [0.3, 0.4) is 0 Å². The molecule has 3 unspecified atom stereocenters. The summed E-state index contributed by atoms with van der Waals surface area (Å²) in [6.45, 7) is 4.49. The zero-order valence-corrected chi connectivity index (χ0v) is 16.6. The number of carbonyl (C=O) groups excluding carboxylic acids is 3. The van der Waals surface area contributed by atoms with Crippen molar-refractivity contribution < 1.29 is 14.4 Å². The summed E-state index contributed by atoms with van der Waals surface area (Å²) in [5.74, 6) is 0.981. The lowest BCUT2D eigenvalue weighted by Gasteiger charge is -2.32. The number of carbonyl (C=O) groups is 3. The van der Waals surface area contributed by atoms with E-state index in [1.54, 1.807) is 0 Å². The molecule has 0 amide bonds. The van der Waals surface area contributed by atoms with Crippen LogP contribution in [0, 0.1) is 5.92 Å². The molecule has 0 aliphatic heterocycles. The van der Waals surface area contributed by atoms with Gasteiger partial charge in [0.2, 0.25) is 0 Å². The van der Waals surface area contributed by atoms with Crippen molar-refractivity contribution in [2.45, 2.75) is 38.5 Å². The zero-order valence-electron chi connectivity index (χ0n) is 16.6. The smallest absolute Gasteiger partial charge is 0.150 e. The molecule has 3 nitrogen and oxygen atoms in total. The van der Waals surface area contributed by atoms with Crippen LogP contribution in [-0.2, 0) is 0 Å². The van der Waals surface area contributed by atoms with Gasteiger partial charge in [0.05, 0.1) is 0 Å². The van der Waals surface area contributed by atoms with Crippen molar-refractivity contribution >= 4 is 29.6 Å². The average molecular weight is 382 g/mol. The molecular weight excluding hydrogens is 360 g/mol. The van der Waals surface area contributed by atoms with Gasteiger partial charge in [-0.2, -0.15) is 0 Å². The maximum absolute atomic E-state index is 11.9. The van der Waals surface area contributed by atoms with Crippen molar-refractivity contribution in [3.8, 4) is 11.1 Å². The van der Waals surface area contributed by atoms with Crippen LogP contribution in [0.25, 0.3) is 21.9 Å². The lowest BCUT2D eigenvalue weighted by molar-refractivity contribution is 0.111. The van der Waals surface area contributed by atoms with Gasteiger partial charge < -0.3 is 0 Å². The highest BCUT2D eigenvalue weighted by molar-refractivity contribution is 6.14. The molecule has 3 atom stereocenters. The number of rotatable bonds is 3. The number of benzene rings is 3. The maximum Gasteiger partial charge on any atom is 0.150 e. The summed E-state index contributed by atoms with van der Waals surface area (Å²) < 4.78 is 0. The van der Waals surface area contributed by atoms with Crippen molar-refractivity contribution in [2.75, 3.05) is 0 Å². The van der Waals surface area contributed by atoms with E-state index in [-0.39, 0.29) is 5.92 Å². The third-order valence-corrected chi connectivity index (χ3v) is 6.86. The second kappa shape index (κ2) is 6.48. The van der Waals surface area contributed by atoms with Gasteiger partial charge in [-0.1, -0.05) is 50.2 Å². The molecule has 144 valence electrons. The van der Waals surface area contributed by atoms with E-state index in [2.05, 4.69) is 19.9 Å². The fourth-order valence-corrected chi connectivity index (χ4v) is 5.82. The van der Waals surface area contributed by atoms with Crippen LogP contribution in [0.1, 0.15) is 86.3 Å². The van der Waals surface area contributed by atoms with Crippen molar-refractivity contribution in [1.29, 1.82) is 0 Å². The van der Waals surface area contributed by atoms with Crippen LogP contribution in [0.5, 0.6) is 0 Å². The van der Waals surface area contributed by atoms with Crippen LogP contribution in [0.15, 0.2) is 36.4 Å². The quantitative estimate of drug-likeness (QED) is 0.528. The third-order valence-electron chi connectivity index (χ3n) is 6.86. The molecule has 2 aliphatic carbocycles. The Labute approximate surface area is 169 Å². The predicted molar refractivity (Wildman–Crippen MR) is 114 cm³/mol. The lowest BCUT2D eigenvalue weighted by Crippen LogP contribution is -2.14. The van der Waals surface area contributed by atoms with Gasteiger partial charge in [0.15, 0.2) is 12.6 Å². The normalized spacial score (nSPS) is 21.9. The summed E-state index contributed by atoms with van der Waals surface area (Å²) in [7, 11) is 0. The minimum Gasteiger partial charge on any atom is -0.298 e.